The number of aromatic nitrogens is 3. The minimum Gasteiger partial charge on any atom is -0.480 e. The van der Waals surface area contributed by atoms with Crippen molar-refractivity contribution in [1.29, 1.82) is 0 Å². The van der Waals surface area contributed by atoms with Crippen LogP contribution < -0.4 is 4.90 Å². The summed E-state index contributed by atoms with van der Waals surface area (Å²) in [4.78, 5) is 24.9. The minimum atomic E-state index is -0.626. The monoisotopic (exact) mass is 584 g/mol. The maximum atomic E-state index is 12.6. The van der Waals surface area contributed by atoms with E-state index in [2.05, 4.69) is 74.3 Å². The van der Waals surface area contributed by atoms with Gasteiger partial charge in [-0.15, -0.1) is 5.10 Å². The molecule has 230 valence electrons. The van der Waals surface area contributed by atoms with Crippen LogP contribution in [0.25, 0.3) is 11.4 Å². The van der Waals surface area contributed by atoms with E-state index >= 15 is 0 Å². The zero-order chi connectivity index (χ0) is 29.6. The Balaban J connectivity index is 1.12. The Labute approximate surface area is 256 Å². The number of rotatable bonds is 11. The first-order valence-corrected chi connectivity index (χ1v) is 16.6. The third kappa shape index (κ3) is 6.96. The number of nitrogens with zero attached hydrogens (tertiary/aromatic N) is 5. The summed E-state index contributed by atoms with van der Waals surface area (Å²) in [5.41, 5.74) is 2.41. The Hall–Kier alpha value is -3.23. The summed E-state index contributed by atoms with van der Waals surface area (Å²) in [6.07, 6.45) is 8.90. The number of aliphatic carboxylic acids is 1. The van der Waals surface area contributed by atoms with Crippen molar-refractivity contribution in [1.82, 2.24) is 25.0 Å². The molecule has 8 nitrogen and oxygen atoms in total. The number of likely N-dealkylation sites (tertiary alicyclic amines) is 2. The van der Waals surface area contributed by atoms with Crippen LogP contribution in [0.15, 0.2) is 60.7 Å². The van der Waals surface area contributed by atoms with Crippen LogP contribution in [0.5, 0.6) is 0 Å². The van der Waals surface area contributed by atoms with Crippen LogP contribution in [0.3, 0.4) is 0 Å². The lowest BCUT2D eigenvalue weighted by Gasteiger charge is -2.39. The van der Waals surface area contributed by atoms with Gasteiger partial charge in [0.2, 0.25) is 5.95 Å². The smallest absolute Gasteiger partial charge is 0.321 e. The highest BCUT2D eigenvalue weighted by Gasteiger charge is 2.43. The van der Waals surface area contributed by atoms with Crippen LogP contribution >= 0.6 is 0 Å². The summed E-state index contributed by atoms with van der Waals surface area (Å²) in [5.74, 6) is 2.07. The second kappa shape index (κ2) is 14.0. The lowest BCUT2D eigenvalue weighted by molar-refractivity contribution is -0.145. The molecule has 3 aromatic rings. The summed E-state index contributed by atoms with van der Waals surface area (Å²) >= 11 is 0. The molecular weight excluding hydrogens is 536 g/mol. The topological polar surface area (TPSA) is 88.6 Å². The highest BCUT2D eigenvalue weighted by atomic mass is 16.4. The second-order valence-corrected chi connectivity index (χ2v) is 13.0. The first kappa shape index (κ1) is 29.8. The maximum Gasteiger partial charge on any atom is 0.321 e. The third-order valence-corrected chi connectivity index (χ3v) is 10.2. The van der Waals surface area contributed by atoms with Crippen LogP contribution in [-0.2, 0) is 4.79 Å². The first-order valence-electron chi connectivity index (χ1n) is 16.6. The van der Waals surface area contributed by atoms with E-state index in [1.54, 1.807) is 0 Å². The van der Waals surface area contributed by atoms with Crippen LogP contribution in [0, 0.1) is 11.8 Å². The maximum absolute atomic E-state index is 12.6. The van der Waals surface area contributed by atoms with Crippen LogP contribution in [0.1, 0.15) is 69.8 Å². The van der Waals surface area contributed by atoms with Gasteiger partial charge in [0.15, 0.2) is 5.82 Å². The standard InChI is InChI=1S/C35H48N6O2/c1-2-20-41(35-36-33(37-38-35)28-16-10-5-11-17-28)30-18-21-39(22-19-30)23-29-24-40(25-31(29)26-12-6-3-7-13-26)32(34(42)43)27-14-8-4-9-15-27/h3,5-7,10-13,16-17,27,29-32H,2,4,8-9,14-15,18-25H2,1H3,(H,42,43)(H,36,37,38). The third-order valence-electron chi connectivity index (χ3n) is 10.2. The number of benzene rings is 2. The molecule has 3 unspecified atom stereocenters. The van der Waals surface area contributed by atoms with E-state index < -0.39 is 5.97 Å². The van der Waals surface area contributed by atoms with Crippen molar-refractivity contribution in [2.75, 3.05) is 44.2 Å². The summed E-state index contributed by atoms with van der Waals surface area (Å²) in [6, 6.07) is 21.1. The van der Waals surface area contributed by atoms with Crippen molar-refractivity contribution in [2.45, 2.75) is 76.3 Å². The molecule has 1 aromatic heterocycles. The van der Waals surface area contributed by atoms with Gasteiger partial charge in [0.05, 0.1) is 0 Å². The van der Waals surface area contributed by atoms with E-state index in [1.165, 1.54) is 24.8 Å². The fraction of sp³-hybridized carbons (Fsp3) is 0.571. The van der Waals surface area contributed by atoms with Gasteiger partial charge in [-0.3, -0.25) is 14.8 Å². The number of carboxylic acids is 1. The number of carbonyl (C=O) groups is 1. The fourth-order valence-corrected chi connectivity index (χ4v) is 8.04. The van der Waals surface area contributed by atoms with Gasteiger partial charge in [0, 0.05) is 56.8 Å². The lowest BCUT2D eigenvalue weighted by atomic mass is 9.83. The van der Waals surface area contributed by atoms with Gasteiger partial charge in [0.25, 0.3) is 0 Å². The van der Waals surface area contributed by atoms with Crippen molar-refractivity contribution in [3.63, 3.8) is 0 Å². The van der Waals surface area contributed by atoms with Gasteiger partial charge in [-0.25, -0.2) is 0 Å². The molecular formula is C35H48N6O2. The summed E-state index contributed by atoms with van der Waals surface area (Å²) < 4.78 is 0. The van der Waals surface area contributed by atoms with Crippen LogP contribution in [0.2, 0.25) is 0 Å². The Kier molecular flexibility index (Phi) is 9.74. The van der Waals surface area contributed by atoms with Crippen molar-refractivity contribution in [2.24, 2.45) is 11.8 Å². The Bertz CT molecular complexity index is 1290. The number of nitrogens with one attached hydrogen (secondary N) is 1. The molecule has 6 rings (SSSR count). The molecule has 1 aliphatic carbocycles. The molecule has 2 aliphatic heterocycles. The van der Waals surface area contributed by atoms with Crippen molar-refractivity contribution in [3.05, 3.63) is 66.2 Å². The Morgan fingerprint density at radius 2 is 1.67 bits per heavy atom. The lowest BCUT2D eigenvalue weighted by Crippen LogP contribution is -2.48. The molecule has 2 N–H and O–H groups in total. The van der Waals surface area contributed by atoms with Gasteiger partial charge in [-0.05, 0) is 49.5 Å². The number of hydrogen-bond donors (Lipinski definition) is 2. The molecule has 0 spiro atoms. The largest absolute Gasteiger partial charge is 0.480 e. The number of hydrogen-bond acceptors (Lipinski definition) is 6. The molecule has 3 heterocycles. The molecule has 8 heteroatoms. The molecule has 43 heavy (non-hydrogen) atoms. The van der Waals surface area contributed by atoms with E-state index in [0.717, 1.165) is 88.7 Å². The Morgan fingerprint density at radius 1 is 0.977 bits per heavy atom. The predicted octanol–water partition coefficient (Wildman–Crippen LogP) is 5.90. The number of H-pyrrole nitrogens is 1. The number of aromatic amines is 1. The first-order chi connectivity index (χ1) is 21.1. The number of anilines is 1. The predicted molar refractivity (Wildman–Crippen MR) is 171 cm³/mol. The van der Waals surface area contributed by atoms with Crippen molar-refractivity contribution >= 4 is 11.9 Å². The van der Waals surface area contributed by atoms with E-state index in [-0.39, 0.29) is 12.0 Å². The molecule has 0 radical (unpaired) electrons. The van der Waals surface area contributed by atoms with Gasteiger partial charge >= 0.3 is 5.97 Å². The van der Waals surface area contributed by atoms with E-state index in [9.17, 15) is 9.90 Å². The van der Waals surface area contributed by atoms with Crippen molar-refractivity contribution < 1.29 is 9.90 Å². The van der Waals surface area contributed by atoms with E-state index in [0.29, 0.717) is 17.9 Å². The summed E-state index contributed by atoms with van der Waals surface area (Å²) in [6.45, 7) is 7.99. The minimum absolute atomic E-state index is 0.278. The SMILES string of the molecule is CCCN(c1n[nH]c(-c2ccccc2)n1)C1CCN(CC2CN(C(C(=O)O)C3CCCCC3)CC2c2ccccc2)CC1. The van der Waals surface area contributed by atoms with Gasteiger partial charge < -0.3 is 14.9 Å². The van der Waals surface area contributed by atoms with E-state index in [4.69, 9.17) is 4.98 Å². The molecule has 3 atom stereocenters. The number of carboxylic acid groups (broad SMARTS) is 1. The Morgan fingerprint density at radius 3 is 2.35 bits per heavy atom. The average molecular weight is 585 g/mol. The van der Waals surface area contributed by atoms with Crippen LogP contribution in [0.4, 0.5) is 5.95 Å². The van der Waals surface area contributed by atoms with Gasteiger partial charge in [-0.1, -0.05) is 86.8 Å². The van der Waals surface area contributed by atoms with Crippen LogP contribution in [-0.4, -0.2) is 87.4 Å². The zero-order valence-corrected chi connectivity index (χ0v) is 25.7. The second-order valence-electron chi connectivity index (χ2n) is 13.0. The zero-order valence-electron chi connectivity index (χ0n) is 25.7. The van der Waals surface area contributed by atoms with Crippen molar-refractivity contribution in [3.8, 4) is 11.4 Å². The summed E-state index contributed by atoms with van der Waals surface area (Å²) in [5, 5.41) is 18.2. The highest BCUT2D eigenvalue weighted by Crippen LogP contribution is 2.38. The molecule has 1 saturated carbocycles. The highest BCUT2D eigenvalue weighted by molar-refractivity contribution is 5.74. The average Bonchev–Trinajstić information content (AvgIpc) is 3.70. The number of piperidine rings is 1. The van der Waals surface area contributed by atoms with Gasteiger partial charge in [0.1, 0.15) is 6.04 Å². The molecule has 2 saturated heterocycles. The van der Waals surface area contributed by atoms with E-state index in [1.807, 2.05) is 18.2 Å². The molecule has 3 fully saturated rings. The normalized spacial score (nSPS) is 23.4. The quantitative estimate of drug-likeness (QED) is 0.290. The van der Waals surface area contributed by atoms with Gasteiger partial charge in [-0.2, -0.15) is 4.98 Å². The molecule has 0 amide bonds. The molecule has 3 aliphatic rings. The molecule has 2 aromatic carbocycles. The summed E-state index contributed by atoms with van der Waals surface area (Å²) in [7, 11) is 0. The molecule has 0 bridgehead atoms. The fourth-order valence-electron chi connectivity index (χ4n) is 8.04.